The fourth-order valence-corrected chi connectivity index (χ4v) is 2.92. The Hall–Kier alpha value is -1.74. The van der Waals surface area contributed by atoms with Crippen LogP contribution in [0.3, 0.4) is 0 Å². The summed E-state index contributed by atoms with van der Waals surface area (Å²) < 4.78 is 0. The second-order valence-corrected chi connectivity index (χ2v) is 5.53. The number of para-hydroxylation sites is 1. The molecule has 19 heavy (non-hydrogen) atoms. The van der Waals surface area contributed by atoms with Gasteiger partial charge in [0.15, 0.2) is 5.82 Å². The van der Waals surface area contributed by atoms with Gasteiger partial charge in [0.2, 0.25) is 0 Å². The average molecular weight is 274 g/mol. The monoisotopic (exact) mass is 273 g/mol. The van der Waals surface area contributed by atoms with E-state index in [0.29, 0.717) is 16.6 Å². The molecule has 0 spiro atoms. The maximum atomic E-state index is 6.29. The summed E-state index contributed by atoms with van der Waals surface area (Å²) in [4.78, 5) is 6.59. The number of hydrogen-bond acceptors (Lipinski definition) is 3. The number of nitrogens with zero attached hydrogens (tertiary/aromatic N) is 2. The highest BCUT2D eigenvalue weighted by atomic mass is 35.5. The Morgan fingerprint density at radius 2 is 2.16 bits per heavy atom. The van der Waals surface area contributed by atoms with Gasteiger partial charge in [0.25, 0.3) is 0 Å². The van der Waals surface area contributed by atoms with E-state index in [-0.39, 0.29) is 0 Å². The smallest absolute Gasteiger partial charge is 0.151 e. The number of aromatic nitrogens is 1. The van der Waals surface area contributed by atoms with E-state index in [1.54, 1.807) is 12.3 Å². The van der Waals surface area contributed by atoms with Crippen molar-refractivity contribution in [2.75, 3.05) is 17.2 Å². The van der Waals surface area contributed by atoms with Crippen LogP contribution in [0.15, 0.2) is 36.5 Å². The van der Waals surface area contributed by atoms with Gasteiger partial charge in [-0.05, 0) is 30.0 Å². The Kier molecular flexibility index (Phi) is 3.07. The quantitative estimate of drug-likeness (QED) is 0.862. The molecule has 1 unspecified atom stereocenters. The summed E-state index contributed by atoms with van der Waals surface area (Å²) in [5.41, 5.74) is 8.84. The van der Waals surface area contributed by atoms with E-state index >= 15 is 0 Å². The number of benzene rings is 1. The summed E-state index contributed by atoms with van der Waals surface area (Å²) >= 11 is 6.29. The topological polar surface area (TPSA) is 42.2 Å². The first-order valence-corrected chi connectivity index (χ1v) is 6.79. The van der Waals surface area contributed by atoms with Crippen LogP contribution in [0.4, 0.5) is 17.2 Å². The van der Waals surface area contributed by atoms with Crippen LogP contribution < -0.4 is 10.6 Å². The van der Waals surface area contributed by atoms with Gasteiger partial charge in [-0.1, -0.05) is 36.7 Å². The number of nitrogens with two attached hydrogens (primary N) is 1. The molecule has 0 amide bonds. The van der Waals surface area contributed by atoms with Gasteiger partial charge < -0.3 is 10.6 Å². The third kappa shape index (κ3) is 2.26. The number of anilines is 3. The predicted octanol–water partition coefficient (Wildman–Crippen LogP) is 3.65. The Morgan fingerprint density at radius 1 is 1.37 bits per heavy atom. The summed E-state index contributed by atoms with van der Waals surface area (Å²) in [7, 11) is 0. The van der Waals surface area contributed by atoms with E-state index in [1.807, 2.05) is 6.07 Å². The van der Waals surface area contributed by atoms with E-state index in [9.17, 15) is 0 Å². The summed E-state index contributed by atoms with van der Waals surface area (Å²) in [5, 5.41) is 0.601. The molecule has 0 radical (unpaired) electrons. The zero-order valence-corrected chi connectivity index (χ0v) is 11.6. The number of halogens is 1. The maximum Gasteiger partial charge on any atom is 0.151 e. The third-order valence-corrected chi connectivity index (χ3v) is 3.72. The van der Waals surface area contributed by atoms with Crippen LogP contribution >= 0.6 is 11.6 Å². The number of nitrogen functional groups attached to an aromatic ring is 1. The van der Waals surface area contributed by atoms with Crippen molar-refractivity contribution in [3.05, 3.63) is 47.1 Å². The predicted molar refractivity (Wildman–Crippen MR) is 80.0 cm³/mol. The first-order valence-electron chi connectivity index (χ1n) is 6.41. The average Bonchev–Trinajstić information content (AvgIpc) is 2.38. The molecule has 2 heterocycles. The summed E-state index contributed by atoms with van der Waals surface area (Å²) in [6.45, 7) is 3.17. The Labute approximate surface area is 118 Å². The third-order valence-electron chi connectivity index (χ3n) is 3.44. The van der Waals surface area contributed by atoms with Gasteiger partial charge in [0.05, 0.1) is 16.9 Å². The highest BCUT2D eigenvalue weighted by molar-refractivity contribution is 6.33. The fourth-order valence-electron chi connectivity index (χ4n) is 2.64. The lowest BCUT2D eigenvalue weighted by atomic mass is 9.94. The highest BCUT2D eigenvalue weighted by Crippen LogP contribution is 2.37. The molecule has 0 saturated heterocycles. The number of rotatable bonds is 1. The van der Waals surface area contributed by atoms with E-state index in [4.69, 9.17) is 17.3 Å². The van der Waals surface area contributed by atoms with Crippen molar-refractivity contribution >= 4 is 28.8 Å². The van der Waals surface area contributed by atoms with Gasteiger partial charge in [-0.2, -0.15) is 0 Å². The Bertz CT molecular complexity index is 612. The van der Waals surface area contributed by atoms with Crippen molar-refractivity contribution < 1.29 is 0 Å². The number of fused-ring (bicyclic) bond motifs is 1. The molecule has 1 aliphatic heterocycles. The molecule has 3 rings (SSSR count). The molecular formula is C15H16ClN3. The first kappa shape index (κ1) is 12.3. The molecule has 98 valence electrons. The number of hydrogen-bond donors (Lipinski definition) is 1. The minimum atomic E-state index is 0.574. The van der Waals surface area contributed by atoms with Gasteiger partial charge in [-0.25, -0.2) is 4.98 Å². The highest BCUT2D eigenvalue weighted by Gasteiger charge is 2.24. The largest absolute Gasteiger partial charge is 0.397 e. The molecule has 1 aromatic carbocycles. The van der Waals surface area contributed by atoms with Crippen molar-refractivity contribution in [2.45, 2.75) is 13.3 Å². The lowest BCUT2D eigenvalue weighted by Gasteiger charge is -2.34. The van der Waals surface area contributed by atoms with Crippen molar-refractivity contribution in [1.82, 2.24) is 4.98 Å². The van der Waals surface area contributed by atoms with E-state index in [2.05, 4.69) is 35.0 Å². The van der Waals surface area contributed by atoms with Crippen molar-refractivity contribution in [1.29, 1.82) is 0 Å². The zero-order chi connectivity index (χ0) is 13.4. The molecule has 3 nitrogen and oxygen atoms in total. The SMILES string of the molecule is CC1Cc2ccccc2N(c2ncc(N)cc2Cl)C1. The molecule has 0 bridgehead atoms. The second-order valence-electron chi connectivity index (χ2n) is 5.12. The van der Waals surface area contributed by atoms with E-state index in [1.165, 1.54) is 11.3 Å². The molecule has 2 N–H and O–H groups in total. The first-order chi connectivity index (χ1) is 9.15. The Morgan fingerprint density at radius 3 is 2.95 bits per heavy atom. The summed E-state index contributed by atoms with van der Waals surface area (Å²) in [6.07, 6.45) is 2.75. The molecule has 0 saturated carbocycles. The molecule has 1 aliphatic rings. The normalized spacial score (nSPS) is 18.2. The molecule has 4 heteroatoms. The fraction of sp³-hybridized carbons (Fsp3) is 0.267. The van der Waals surface area contributed by atoms with Crippen LogP contribution in [-0.4, -0.2) is 11.5 Å². The molecule has 0 fully saturated rings. The van der Waals surface area contributed by atoms with Gasteiger partial charge in [0, 0.05) is 12.2 Å². The van der Waals surface area contributed by atoms with E-state index in [0.717, 1.165) is 18.8 Å². The molecule has 1 atom stereocenters. The minimum absolute atomic E-state index is 0.574. The zero-order valence-electron chi connectivity index (χ0n) is 10.8. The minimum Gasteiger partial charge on any atom is -0.397 e. The van der Waals surface area contributed by atoms with Crippen molar-refractivity contribution in [2.24, 2.45) is 5.92 Å². The Balaban J connectivity index is 2.10. The van der Waals surface area contributed by atoms with Gasteiger partial charge >= 0.3 is 0 Å². The van der Waals surface area contributed by atoms with Crippen LogP contribution in [0.25, 0.3) is 0 Å². The maximum absolute atomic E-state index is 6.29. The summed E-state index contributed by atoms with van der Waals surface area (Å²) in [6, 6.07) is 10.2. The van der Waals surface area contributed by atoms with Crippen LogP contribution in [0.2, 0.25) is 5.02 Å². The molecule has 2 aromatic rings. The van der Waals surface area contributed by atoms with Crippen LogP contribution in [0, 0.1) is 5.92 Å². The van der Waals surface area contributed by atoms with Crippen molar-refractivity contribution in [3.63, 3.8) is 0 Å². The molecule has 1 aromatic heterocycles. The number of pyridine rings is 1. The van der Waals surface area contributed by atoms with Crippen LogP contribution in [0.5, 0.6) is 0 Å². The van der Waals surface area contributed by atoms with Crippen molar-refractivity contribution in [3.8, 4) is 0 Å². The second kappa shape index (κ2) is 4.74. The van der Waals surface area contributed by atoms with E-state index < -0.39 is 0 Å². The standard InChI is InChI=1S/C15H16ClN3/c1-10-6-11-4-2-3-5-14(11)19(9-10)15-13(16)7-12(17)8-18-15/h2-5,7-8,10H,6,9,17H2,1H3. The lowest BCUT2D eigenvalue weighted by Crippen LogP contribution is -2.31. The lowest BCUT2D eigenvalue weighted by molar-refractivity contribution is 0.560. The van der Waals surface area contributed by atoms with Gasteiger partial charge in [-0.15, -0.1) is 0 Å². The van der Waals surface area contributed by atoms with Crippen LogP contribution in [0.1, 0.15) is 12.5 Å². The van der Waals surface area contributed by atoms with Gasteiger partial charge in [0.1, 0.15) is 0 Å². The molecule has 0 aliphatic carbocycles. The molecular weight excluding hydrogens is 258 g/mol. The summed E-state index contributed by atoms with van der Waals surface area (Å²) in [5.74, 6) is 1.36. The van der Waals surface area contributed by atoms with Gasteiger partial charge in [-0.3, -0.25) is 0 Å². The van der Waals surface area contributed by atoms with Crippen LogP contribution in [-0.2, 0) is 6.42 Å².